The van der Waals surface area contributed by atoms with E-state index in [1.165, 1.54) is 16.8 Å². The van der Waals surface area contributed by atoms with Gasteiger partial charge in [-0.3, -0.25) is 0 Å². The summed E-state index contributed by atoms with van der Waals surface area (Å²) in [5.74, 6) is -0.0557. The van der Waals surface area contributed by atoms with Crippen LogP contribution in [0.3, 0.4) is 0 Å². The highest BCUT2D eigenvalue weighted by Crippen LogP contribution is 2.20. The highest BCUT2D eigenvalue weighted by molar-refractivity contribution is 5.85. The fourth-order valence-corrected chi connectivity index (χ4v) is 1.64. The molecule has 0 fully saturated rings. The van der Waals surface area contributed by atoms with E-state index in [0.717, 1.165) is 0 Å². The number of hydrogen-bond acceptors (Lipinski definition) is 4. The van der Waals surface area contributed by atoms with Crippen LogP contribution in [0.5, 0.6) is 11.6 Å². The van der Waals surface area contributed by atoms with Gasteiger partial charge in [0.2, 0.25) is 5.88 Å². The van der Waals surface area contributed by atoms with Crippen molar-refractivity contribution in [2.45, 2.75) is 0 Å². The van der Waals surface area contributed by atoms with Gasteiger partial charge in [-0.2, -0.15) is 0 Å². The summed E-state index contributed by atoms with van der Waals surface area (Å²) in [6, 6.07) is 12.2. The molecule has 0 saturated carbocycles. The van der Waals surface area contributed by atoms with Gasteiger partial charge in [0.15, 0.2) is 11.3 Å². The lowest BCUT2D eigenvalue weighted by Crippen LogP contribution is -2.01. The fraction of sp³-hybridized carbons (Fsp3) is 0. The van der Waals surface area contributed by atoms with Crippen LogP contribution in [0.1, 0.15) is 10.5 Å². The molecule has 3 aromatic rings. The Hall–Kier alpha value is -2.89. The Labute approximate surface area is 107 Å². The predicted molar refractivity (Wildman–Crippen MR) is 66.5 cm³/mol. The summed E-state index contributed by atoms with van der Waals surface area (Å²) < 4.78 is 7.01. The molecule has 0 saturated heterocycles. The van der Waals surface area contributed by atoms with Gasteiger partial charge >= 0.3 is 5.97 Å². The Morgan fingerprint density at radius 3 is 2.74 bits per heavy atom. The smallest absolute Gasteiger partial charge is 0.354 e. The second kappa shape index (κ2) is 4.41. The van der Waals surface area contributed by atoms with Crippen LogP contribution in [0, 0.1) is 0 Å². The number of aromatic carboxylic acids is 1. The number of fused-ring (bicyclic) bond motifs is 1. The lowest BCUT2D eigenvalue weighted by atomic mass is 10.3. The van der Waals surface area contributed by atoms with E-state index in [1.54, 1.807) is 18.2 Å². The number of benzene rings is 1. The second-order valence-corrected chi connectivity index (χ2v) is 3.82. The molecule has 0 aliphatic heterocycles. The number of nitrogens with zero attached hydrogens (tertiary/aromatic N) is 3. The first kappa shape index (κ1) is 11.2. The van der Waals surface area contributed by atoms with Gasteiger partial charge < -0.3 is 9.84 Å². The van der Waals surface area contributed by atoms with Gasteiger partial charge in [0.25, 0.3) is 0 Å². The molecule has 0 unspecified atom stereocenters. The Bertz CT molecular complexity index is 737. The summed E-state index contributed by atoms with van der Waals surface area (Å²) >= 11 is 0. The molecule has 0 aliphatic rings. The zero-order valence-electron chi connectivity index (χ0n) is 9.72. The minimum absolute atomic E-state index is 0.0290. The Morgan fingerprint density at radius 1 is 1.21 bits per heavy atom. The molecular formula is C13H9N3O3. The second-order valence-electron chi connectivity index (χ2n) is 3.82. The van der Waals surface area contributed by atoms with E-state index < -0.39 is 5.97 Å². The quantitative estimate of drug-likeness (QED) is 0.776. The van der Waals surface area contributed by atoms with Gasteiger partial charge in [0, 0.05) is 12.3 Å². The average molecular weight is 255 g/mol. The largest absolute Gasteiger partial charge is 0.477 e. The molecular weight excluding hydrogens is 246 g/mol. The predicted octanol–water partition coefficient (Wildman–Crippen LogP) is 2.22. The zero-order chi connectivity index (χ0) is 13.2. The molecule has 0 aliphatic carbocycles. The van der Waals surface area contributed by atoms with Gasteiger partial charge in [0.05, 0.1) is 0 Å². The molecule has 0 radical (unpaired) electrons. The number of carboxylic acids is 1. The van der Waals surface area contributed by atoms with E-state index >= 15 is 0 Å². The summed E-state index contributed by atoms with van der Waals surface area (Å²) in [5.41, 5.74) is 0.393. The first-order valence-corrected chi connectivity index (χ1v) is 5.55. The third kappa shape index (κ3) is 2.23. The van der Waals surface area contributed by atoms with E-state index in [4.69, 9.17) is 9.84 Å². The molecule has 2 aromatic heterocycles. The number of carbonyl (C=O) groups is 1. The summed E-state index contributed by atoms with van der Waals surface area (Å²) in [6.07, 6.45) is 1.53. The summed E-state index contributed by atoms with van der Waals surface area (Å²) in [6.45, 7) is 0. The van der Waals surface area contributed by atoms with Gasteiger partial charge in [-0.1, -0.05) is 18.2 Å². The molecule has 1 N–H and O–H groups in total. The van der Waals surface area contributed by atoms with Crippen molar-refractivity contribution >= 4 is 11.6 Å². The third-order valence-electron chi connectivity index (χ3n) is 2.49. The van der Waals surface area contributed by atoms with E-state index in [9.17, 15) is 4.79 Å². The molecule has 2 heterocycles. The van der Waals surface area contributed by atoms with Crippen LogP contribution in [-0.2, 0) is 0 Å². The molecule has 0 atom stereocenters. The Morgan fingerprint density at radius 2 is 2.00 bits per heavy atom. The molecule has 6 heteroatoms. The molecule has 1 aromatic carbocycles. The Balaban J connectivity index is 1.95. The van der Waals surface area contributed by atoms with Crippen molar-refractivity contribution in [3.63, 3.8) is 0 Å². The zero-order valence-corrected chi connectivity index (χ0v) is 9.72. The third-order valence-corrected chi connectivity index (χ3v) is 2.49. The minimum Gasteiger partial charge on any atom is -0.477 e. The van der Waals surface area contributed by atoms with Gasteiger partial charge in [0.1, 0.15) is 5.75 Å². The van der Waals surface area contributed by atoms with Crippen molar-refractivity contribution in [1.82, 2.24) is 14.6 Å². The van der Waals surface area contributed by atoms with Crippen molar-refractivity contribution in [2.75, 3.05) is 0 Å². The molecule has 94 valence electrons. The summed E-state index contributed by atoms with van der Waals surface area (Å²) in [4.78, 5) is 14.8. The van der Waals surface area contributed by atoms with E-state index in [-0.39, 0.29) is 5.69 Å². The average Bonchev–Trinajstić information content (AvgIpc) is 2.80. The first-order valence-electron chi connectivity index (χ1n) is 5.55. The van der Waals surface area contributed by atoms with Crippen LogP contribution >= 0.6 is 0 Å². The van der Waals surface area contributed by atoms with Crippen molar-refractivity contribution in [3.05, 3.63) is 54.4 Å². The number of carboxylic acid groups (broad SMARTS) is 1. The van der Waals surface area contributed by atoms with Crippen LogP contribution < -0.4 is 4.74 Å². The van der Waals surface area contributed by atoms with E-state index in [0.29, 0.717) is 17.3 Å². The van der Waals surface area contributed by atoms with Crippen LogP contribution in [0.15, 0.2) is 48.7 Å². The fourth-order valence-electron chi connectivity index (χ4n) is 1.64. The molecule has 19 heavy (non-hydrogen) atoms. The Kier molecular flexibility index (Phi) is 2.60. The number of ether oxygens (including phenoxy) is 1. The maximum absolute atomic E-state index is 10.8. The van der Waals surface area contributed by atoms with Crippen LogP contribution in [0.2, 0.25) is 0 Å². The molecule has 3 rings (SSSR count). The molecule has 0 bridgehead atoms. The molecule has 0 amide bonds. The summed E-state index contributed by atoms with van der Waals surface area (Å²) in [5, 5.41) is 13.0. The number of para-hydroxylation sites is 1. The minimum atomic E-state index is -1.07. The maximum atomic E-state index is 10.8. The lowest BCUT2D eigenvalue weighted by molar-refractivity contribution is 0.0690. The highest BCUT2D eigenvalue weighted by Gasteiger charge is 2.09. The SMILES string of the molecule is O=C(O)c1ccn2nc(Oc3ccccc3)cc2n1. The highest BCUT2D eigenvalue weighted by atomic mass is 16.5. The number of rotatable bonds is 3. The molecule has 0 spiro atoms. The lowest BCUT2D eigenvalue weighted by Gasteiger charge is -1.99. The normalized spacial score (nSPS) is 10.5. The topological polar surface area (TPSA) is 76.7 Å². The number of aromatic nitrogens is 3. The van der Waals surface area contributed by atoms with Crippen molar-refractivity contribution in [1.29, 1.82) is 0 Å². The maximum Gasteiger partial charge on any atom is 0.354 e. The van der Waals surface area contributed by atoms with E-state index in [1.807, 2.05) is 18.2 Å². The molecule has 6 nitrogen and oxygen atoms in total. The summed E-state index contributed by atoms with van der Waals surface area (Å²) in [7, 11) is 0. The van der Waals surface area contributed by atoms with Gasteiger partial charge in [-0.05, 0) is 18.2 Å². The first-order chi connectivity index (χ1) is 9.22. The van der Waals surface area contributed by atoms with Gasteiger partial charge in [-0.25, -0.2) is 14.3 Å². The van der Waals surface area contributed by atoms with Crippen molar-refractivity contribution in [3.8, 4) is 11.6 Å². The van der Waals surface area contributed by atoms with Crippen LogP contribution in [0.4, 0.5) is 0 Å². The van der Waals surface area contributed by atoms with Crippen molar-refractivity contribution in [2.24, 2.45) is 0 Å². The van der Waals surface area contributed by atoms with Crippen LogP contribution in [-0.4, -0.2) is 25.7 Å². The van der Waals surface area contributed by atoms with Gasteiger partial charge in [-0.15, -0.1) is 5.10 Å². The van der Waals surface area contributed by atoms with Crippen LogP contribution in [0.25, 0.3) is 5.65 Å². The van der Waals surface area contributed by atoms with E-state index in [2.05, 4.69) is 10.1 Å². The number of hydrogen-bond donors (Lipinski definition) is 1. The standard InChI is InChI=1S/C13H9N3O3/c17-13(18)10-6-7-16-11(14-10)8-12(15-16)19-9-4-2-1-3-5-9/h1-8H,(H,17,18). The monoisotopic (exact) mass is 255 g/mol. The van der Waals surface area contributed by atoms with Crippen molar-refractivity contribution < 1.29 is 14.6 Å².